The fraction of sp³-hybridized carbons (Fsp3) is 0.500. The van der Waals surface area contributed by atoms with Crippen LogP contribution in [0.25, 0.3) is 0 Å². The molecular weight excluding hydrogens is 252 g/mol. The van der Waals surface area contributed by atoms with Crippen LogP contribution in [0.15, 0.2) is 24.3 Å². The number of nitrogens with zero attached hydrogens (tertiary/aromatic N) is 1. The van der Waals surface area contributed by atoms with E-state index in [9.17, 15) is 8.42 Å². The van der Waals surface area contributed by atoms with Gasteiger partial charge >= 0.3 is 0 Å². The Bertz CT molecular complexity index is 510. The molecule has 1 heterocycles. The van der Waals surface area contributed by atoms with Gasteiger partial charge in [0.25, 0.3) is 0 Å². The van der Waals surface area contributed by atoms with Crippen molar-refractivity contribution in [3.8, 4) is 0 Å². The SMILES string of the molecule is CN(c1ccccc1C1CNCCO1)S(C)(=O)=O. The summed E-state index contributed by atoms with van der Waals surface area (Å²) in [6, 6.07) is 7.44. The first-order valence-corrected chi connectivity index (χ1v) is 7.70. The smallest absolute Gasteiger partial charge is 0.232 e. The fourth-order valence-electron chi connectivity index (χ4n) is 1.99. The summed E-state index contributed by atoms with van der Waals surface area (Å²) in [5, 5.41) is 3.25. The molecule has 1 saturated heterocycles. The Morgan fingerprint density at radius 3 is 2.72 bits per heavy atom. The zero-order valence-corrected chi connectivity index (χ0v) is 11.4. The molecule has 18 heavy (non-hydrogen) atoms. The predicted molar refractivity (Wildman–Crippen MR) is 71.3 cm³/mol. The number of ether oxygens (including phenoxy) is 1. The van der Waals surface area contributed by atoms with E-state index in [1.54, 1.807) is 13.1 Å². The van der Waals surface area contributed by atoms with Gasteiger partial charge in [-0.05, 0) is 6.07 Å². The normalized spacial score (nSPS) is 20.7. The molecule has 0 spiro atoms. The number of sulfonamides is 1. The molecule has 6 heteroatoms. The lowest BCUT2D eigenvalue weighted by atomic mass is 10.1. The summed E-state index contributed by atoms with van der Waals surface area (Å²) in [6.45, 7) is 2.18. The van der Waals surface area contributed by atoms with E-state index in [0.717, 1.165) is 12.1 Å². The van der Waals surface area contributed by atoms with E-state index in [4.69, 9.17) is 4.74 Å². The largest absolute Gasteiger partial charge is 0.371 e. The zero-order valence-electron chi connectivity index (χ0n) is 10.6. The maximum absolute atomic E-state index is 11.6. The topological polar surface area (TPSA) is 58.6 Å². The number of anilines is 1. The van der Waals surface area contributed by atoms with Gasteiger partial charge in [-0.2, -0.15) is 0 Å². The lowest BCUT2D eigenvalue weighted by molar-refractivity contribution is 0.0280. The van der Waals surface area contributed by atoms with Crippen LogP contribution in [0, 0.1) is 0 Å². The second-order valence-corrected chi connectivity index (χ2v) is 6.37. The first-order chi connectivity index (χ1) is 8.50. The van der Waals surface area contributed by atoms with Crippen molar-refractivity contribution in [2.45, 2.75) is 6.10 Å². The molecule has 1 aromatic rings. The van der Waals surface area contributed by atoms with Crippen LogP contribution in [0.4, 0.5) is 5.69 Å². The Morgan fingerprint density at radius 2 is 2.11 bits per heavy atom. The molecule has 1 aromatic carbocycles. The van der Waals surface area contributed by atoms with Crippen LogP contribution >= 0.6 is 0 Å². The van der Waals surface area contributed by atoms with Crippen LogP contribution in [0.3, 0.4) is 0 Å². The van der Waals surface area contributed by atoms with Gasteiger partial charge in [0.1, 0.15) is 0 Å². The minimum atomic E-state index is -3.26. The van der Waals surface area contributed by atoms with Crippen LogP contribution in [0.5, 0.6) is 0 Å². The third-order valence-corrected chi connectivity index (χ3v) is 4.24. The van der Waals surface area contributed by atoms with Gasteiger partial charge in [0.2, 0.25) is 10.0 Å². The molecule has 1 aliphatic heterocycles. The monoisotopic (exact) mass is 270 g/mol. The highest BCUT2D eigenvalue weighted by molar-refractivity contribution is 7.92. The zero-order chi connectivity index (χ0) is 13.2. The molecular formula is C12H18N2O3S. The highest BCUT2D eigenvalue weighted by Crippen LogP contribution is 2.29. The van der Waals surface area contributed by atoms with Gasteiger partial charge in [-0.15, -0.1) is 0 Å². The van der Waals surface area contributed by atoms with E-state index in [-0.39, 0.29) is 6.10 Å². The molecule has 5 nitrogen and oxygen atoms in total. The molecule has 0 aromatic heterocycles. The van der Waals surface area contributed by atoms with Crippen LogP contribution < -0.4 is 9.62 Å². The molecule has 1 fully saturated rings. The lowest BCUT2D eigenvalue weighted by Gasteiger charge is -2.28. The molecule has 0 bridgehead atoms. The number of rotatable bonds is 3. The molecule has 0 aliphatic carbocycles. The molecule has 100 valence electrons. The quantitative estimate of drug-likeness (QED) is 0.880. The summed E-state index contributed by atoms with van der Waals surface area (Å²) in [5.74, 6) is 0. The molecule has 1 unspecified atom stereocenters. The molecule has 1 atom stereocenters. The van der Waals surface area contributed by atoms with Gasteiger partial charge in [0.05, 0.1) is 24.7 Å². The van der Waals surface area contributed by atoms with Crippen molar-refractivity contribution in [3.05, 3.63) is 29.8 Å². The van der Waals surface area contributed by atoms with Crippen molar-refractivity contribution in [3.63, 3.8) is 0 Å². The Balaban J connectivity index is 2.36. The Kier molecular flexibility index (Phi) is 3.89. The summed E-state index contributed by atoms with van der Waals surface area (Å²) in [5.41, 5.74) is 1.58. The average molecular weight is 270 g/mol. The van der Waals surface area contributed by atoms with Crippen molar-refractivity contribution < 1.29 is 13.2 Å². The number of hydrogen-bond acceptors (Lipinski definition) is 4. The van der Waals surface area contributed by atoms with Gasteiger partial charge in [-0.3, -0.25) is 4.31 Å². The predicted octanol–water partition coefficient (Wildman–Crippen LogP) is 0.743. The van der Waals surface area contributed by atoms with Crippen LogP contribution in [0.1, 0.15) is 11.7 Å². The first-order valence-electron chi connectivity index (χ1n) is 5.85. The van der Waals surface area contributed by atoms with Crippen molar-refractivity contribution in [1.82, 2.24) is 5.32 Å². The maximum Gasteiger partial charge on any atom is 0.232 e. The van der Waals surface area contributed by atoms with E-state index in [1.807, 2.05) is 18.2 Å². The molecule has 0 saturated carbocycles. The van der Waals surface area contributed by atoms with Crippen LogP contribution in [-0.4, -0.2) is 41.4 Å². The number of benzene rings is 1. The van der Waals surface area contributed by atoms with Crippen molar-refractivity contribution in [2.75, 3.05) is 37.3 Å². The third kappa shape index (κ3) is 2.82. The van der Waals surface area contributed by atoms with Crippen LogP contribution in [-0.2, 0) is 14.8 Å². The molecule has 1 N–H and O–H groups in total. The summed E-state index contributed by atoms with van der Waals surface area (Å²) >= 11 is 0. The summed E-state index contributed by atoms with van der Waals surface area (Å²) in [7, 11) is -1.70. The second-order valence-electron chi connectivity index (χ2n) is 4.35. The van der Waals surface area contributed by atoms with Gasteiger partial charge < -0.3 is 10.1 Å². The van der Waals surface area contributed by atoms with E-state index < -0.39 is 10.0 Å². The Morgan fingerprint density at radius 1 is 1.39 bits per heavy atom. The second kappa shape index (κ2) is 5.26. The average Bonchev–Trinajstić information content (AvgIpc) is 2.38. The highest BCUT2D eigenvalue weighted by atomic mass is 32.2. The van der Waals surface area contributed by atoms with Crippen molar-refractivity contribution >= 4 is 15.7 Å². The summed E-state index contributed by atoms with van der Waals surface area (Å²) in [6.07, 6.45) is 1.10. The number of para-hydroxylation sites is 1. The molecule has 0 radical (unpaired) electrons. The van der Waals surface area contributed by atoms with E-state index in [0.29, 0.717) is 18.8 Å². The highest BCUT2D eigenvalue weighted by Gasteiger charge is 2.22. The molecule has 0 amide bonds. The number of morpholine rings is 1. The van der Waals surface area contributed by atoms with Gasteiger partial charge in [-0.25, -0.2) is 8.42 Å². The molecule has 1 aliphatic rings. The van der Waals surface area contributed by atoms with E-state index >= 15 is 0 Å². The minimum absolute atomic E-state index is 0.0980. The summed E-state index contributed by atoms with van der Waals surface area (Å²) < 4.78 is 30.2. The summed E-state index contributed by atoms with van der Waals surface area (Å²) in [4.78, 5) is 0. The lowest BCUT2D eigenvalue weighted by Crippen LogP contribution is -2.34. The van der Waals surface area contributed by atoms with E-state index in [1.165, 1.54) is 10.6 Å². The minimum Gasteiger partial charge on any atom is -0.371 e. The van der Waals surface area contributed by atoms with Crippen LogP contribution in [0.2, 0.25) is 0 Å². The van der Waals surface area contributed by atoms with Crippen molar-refractivity contribution in [2.24, 2.45) is 0 Å². The fourth-order valence-corrected chi connectivity index (χ4v) is 2.51. The van der Waals surface area contributed by atoms with Gasteiger partial charge in [-0.1, -0.05) is 18.2 Å². The maximum atomic E-state index is 11.6. The van der Waals surface area contributed by atoms with Crippen molar-refractivity contribution in [1.29, 1.82) is 0 Å². The van der Waals surface area contributed by atoms with E-state index in [2.05, 4.69) is 5.32 Å². The molecule has 2 rings (SSSR count). The van der Waals surface area contributed by atoms with Gasteiger partial charge in [0, 0.05) is 25.7 Å². The number of nitrogens with one attached hydrogen (secondary N) is 1. The Hall–Kier alpha value is -1.11. The standard InChI is InChI=1S/C12H18N2O3S/c1-14(18(2,15)16)11-6-4-3-5-10(11)12-9-13-7-8-17-12/h3-6,12-13H,7-9H2,1-2H3. The Labute approximate surface area is 108 Å². The first kappa shape index (κ1) is 13.3. The van der Waals surface area contributed by atoms with Gasteiger partial charge in [0.15, 0.2) is 0 Å². The third-order valence-electron chi connectivity index (χ3n) is 3.05. The number of hydrogen-bond donors (Lipinski definition) is 1.